The maximum atomic E-state index is 12.2. The second-order valence-electron chi connectivity index (χ2n) is 5.09. The number of sulfone groups is 1. The lowest BCUT2D eigenvalue weighted by molar-refractivity contribution is -0.123. The van der Waals surface area contributed by atoms with Crippen LogP contribution in [-0.2, 0) is 14.6 Å². The molecule has 0 aromatic heterocycles. The number of hydrogen-bond donors (Lipinski definition) is 0. The summed E-state index contributed by atoms with van der Waals surface area (Å²) < 4.78 is 23.7. The fourth-order valence-corrected chi connectivity index (χ4v) is 4.89. The lowest BCUT2D eigenvalue weighted by atomic mass is 9.84. The van der Waals surface area contributed by atoms with Crippen LogP contribution in [0.1, 0.15) is 51.4 Å². The molecule has 2 rings (SSSR count). The largest absolute Gasteiger partial charge is 0.298 e. The van der Waals surface area contributed by atoms with Crippen molar-refractivity contribution in [1.29, 1.82) is 0 Å². The van der Waals surface area contributed by atoms with Crippen molar-refractivity contribution >= 4 is 15.6 Å². The second-order valence-corrected chi connectivity index (χ2v) is 7.39. The van der Waals surface area contributed by atoms with Crippen molar-refractivity contribution in [3.63, 3.8) is 0 Å². The van der Waals surface area contributed by atoms with Crippen LogP contribution in [0.3, 0.4) is 0 Å². The van der Waals surface area contributed by atoms with Gasteiger partial charge in [-0.05, 0) is 25.7 Å². The summed E-state index contributed by atoms with van der Waals surface area (Å²) in [5.74, 6) is 0.280. The van der Waals surface area contributed by atoms with E-state index < -0.39 is 15.1 Å². The first-order valence-corrected chi connectivity index (χ1v) is 8.08. The molecule has 92 valence electrons. The van der Waals surface area contributed by atoms with E-state index in [0.29, 0.717) is 6.42 Å². The Labute approximate surface area is 97.5 Å². The van der Waals surface area contributed by atoms with Crippen molar-refractivity contribution in [2.75, 3.05) is 5.75 Å². The molecule has 0 amide bonds. The standard InChI is InChI=1S/C12H20O3S/c13-12(10-6-2-1-3-7-10)11-8-4-5-9-16(11,14)15/h10-11H,1-9H2. The normalized spacial score (nSPS) is 31.1. The highest BCUT2D eigenvalue weighted by Crippen LogP contribution is 2.30. The third-order valence-corrected chi connectivity index (χ3v) is 6.10. The third-order valence-electron chi connectivity index (χ3n) is 3.90. The van der Waals surface area contributed by atoms with E-state index in [1.807, 2.05) is 0 Å². The van der Waals surface area contributed by atoms with Gasteiger partial charge in [-0.25, -0.2) is 8.42 Å². The molecule has 1 unspecified atom stereocenters. The molecule has 1 atom stereocenters. The predicted molar refractivity (Wildman–Crippen MR) is 63.0 cm³/mol. The molecule has 0 aromatic rings. The molecule has 1 saturated heterocycles. The van der Waals surface area contributed by atoms with Crippen LogP contribution in [0.2, 0.25) is 0 Å². The number of rotatable bonds is 2. The van der Waals surface area contributed by atoms with E-state index in [0.717, 1.165) is 38.5 Å². The first-order chi connectivity index (χ1) is 7.61. The van der Waals surface area contributed by atoms with Crippen LogP contribution >= 0.6 is 0 Å². The average Bonchev–Trinajstić information content (AvgIpc) is 2.29. The van der Waals surface area contributed by atoms with Crippen molar-refractivity contribution in [2.45, 2.75) is 56.6 Å². The van der Waals surface area contributed by atoms with Gasteiger partial charge in [-0.1, -0.05) is 25.7 Å². The molecule has 0 N–H and O–H groups in total. The minimum atomic E-state index is -3.12. The summed E-state index contributed by atoms with van der Waals surface area (Å²) >= 11 is 0. The Balaban J connectivity index is 2.07. The molecule has 0 spiro atoms. The van der Waals surface area contributed by atoms with Gasteiger partial charge >= 0.3 is 0 Å². The second kappa shape index (κ2) is 4.86. The maximum absolute atomic E-state index is 12.2. The van der Waals surface area contributed by atoms with Gasteiger partial charge in [0, 0.05) is 5.92 Å². The summed E-state index contributed by atoms with van der Waals surface area (Å²) in [4.78, 5) is 12.2. The van der Waals surface area contributed by atoms with Crippen LogP contribution in [0.4, 0.5) is 0 Å². The van der Waals surface area contributed by atoms with Gasteiger partial charge in [0.1, 0.15) is 5.25 Å². The SMILES string of the molecule is O=C(C1CCCCC1)C1CCCCS1(=O)=O. The Hall–Kier alpha value is -0.380. The fraction of sp³-hybridized carbons (Fsp3) is 0.917. The Morgan fingerprint density at radius 3 is 2.12 bits per heavy atom. The maximum Gasteiger partial charge on any atom is 0.160 e. The molecule has 1 saturated carbocycles. The van der Waals surface area contributed by atoms with Gasteiger partial charge in [0.25, 0.3) is 0 Å². The molecule has 1 aliphatic heterocycles. The summed E-state index contributed by atoms with van der Waals surface area (Å²) in [7, 11) is -3.12. The van der Waals surface area contributed by atoms with Gasteiger partial charge < -0.3 is 0 Å². The molecule has 1 aliphatic carbocycles. The van der Waals surface area contributed by atoms with Crippen LogP contribution in [0, 0.1) is 5.92 Å². The quantitative estimate of drug-likeness (QED) is 0.747. The number of ketones is 1. The summed E-state index contributed by atoms with van der Waals surface area (Å²) in [6, 6.07) is 0. The van der Waals surface area contributed by atoms with Crippen LogP contribution in [0.25, 0.3) is 0 Å². The van der Waals surface area contributed by atoms with E-state index in [9.17, 15) is 13.2 Å². The first-order valence-electron chi connectivity index (χ1n) is 6.36. The van der Waals surface area contributed by atoms with E-state index in [-0.39, 0.29) is 17.5 Å². The Kier molecular flexibility index (Phi) is 3.67. The van der Waals surface area contributed by atoms with Gasteiger partial charge in [-0.2, -0.15) is 0 Å². The fourth-order valence-electron chi connectivity index (χ4n) is 2.92. The molecule has 2 fully saturated rings. The molecule has 0 aromatic carbocycles. The molecular weight excluding hydrogens is 224 g/mol. The third kappa shape index (κ3) is 2.47. The van der Waals surface area contributed by atoms with E-state index in [1.54, 1.807) is 0 Å². The van der Waals surface area contributed by atoms with Gasteiger partial charge in [-0.3, -0.25) is 4.79 Å². The van der Waals surface area contributed by atoms with Crippen molar-refractivity contribution < 1.29 is 13.2 Å². The van der Waals surface area contributed by atoms with Gasteiger partial charge in [-0.15, -0.1) is 0 Å². The Morgan fingerprint density at radius 2 is 1.50 bits per heavy atom. The Bertz CT molecular complexity index is 352. The van der Waals surface area contributed by atoms with Crippen molar-refractivity contribution in [2.24, 2.45) is 5.92 Å². The zero-order valence-corrected chi connectivity index (χ0v) is 10.5. The summed E-state index contributed by atoms with van der Waals surface area (Å²) in [5, 5.41) is -0.663. The van der Waals surface area contributed by atoms with E-state index in [2.05, 4.69) is 0 Å². The summed E-state index contributed by atoms with van der Waals surface area (Å²) in [5.41, 5.74) is 0. The van der Waals surface area contributed by atoms with Crippen molar-refractivity contribution in [1.82, 2.24) is 0 Å². The predicted octanol–water partition coefficient (Wildman–Crippen LogP) is 2.10. The number of carbonyl (C=O) groups is 1. The van der Waals surface area contributed by atoms with Crippen molar-refractivity contribution in [3.8, 4) is 0 Å². The average molecular weight is 244 g/mol. The number of Topliss-reactive ketones (excluding diaryl/α,β-unsaturated/α-hetero) is 1. The number of carbonyl (C=O) groups excluding carboxylic acids is 1. The highest BCUT2D eigenvalue weighted by atomic mass is 32.2. The molecule has 16 heavy (non-hydrogen) atoms. The lowest BCUT2D eigenvalue weighted by Crippen LogP contribution is -2.39. The number of hydrogen-bond acceptors (Lipinski definition) is 3. The van der Waals surface area contributed by atoms with Crippen molar-refractivity contribution in [3.05, 3.63) is 0 Å². The smallest absolute Gasteiger partial charge is 0.160 e. The highest BCUT2D eigenvalue weighted by Gasteiger charge is 2.38. The molecule has 3 nitrogen and oxygen atoms in total. The van der Waals surface area contributed by atoms with E-state index in [4.69, 9.17) is 0 Å². The molecule has 0 radical (unpaired) electrons. The first kappa shape index (κ1) is 12.1. The summed E-state index contributed by atoms with van der Waals surface area (Å²) in [6.07, 6.45) is 7.38. The zero-order valence-electron chi connectivity index (χ0n) is 9.65. The zero-order chi connectivity index (χ0) is 11.6. The Morgan fingerprint density at radius 1 is 0.875 bits per heavy atom. The van der Waals surface area contributed by atoms with Gasteiger partial charge in [0.15, 0.2) is 15.6 Å². The molecule has 0 bridgehead atoms. The van der Waals surface area contributed by atoms with Crippen LogP contribution < -0.4 is 0 Å². The monoisotopic (exact) mass is 244 g/mol. The highest BCUT2D eigenvalue weighted by molar-refractivity contribution is 7.92. The van der Waals surface area contributed by atoms with Gasteiger partial charge in [0.2, 0.25) is 0 Å². The molecule has 2 aliphatic rings. The molecular formula is C12H20O3S. The summed E-state index contributed by atoms with van der Waals surface area (Å²) in [6.45, 7) is 0. The minimum Gasteiger partial charge on any atom is -0.298 e. The molecule has 4 heteroatoms. The van der Waals surface area contributed by atoms with Gasteiger partial charge in [0.05, 0.1) is 5.75 Å². The minimum absolute atomic E-state index is 0.0272. The molecule has 1 heterocycles. The van der Waals surface area contributed by atoms with E-state index in [1.165, 1.54) is 6.42 Å². The topological polar surface area (TPSA) is 51.2 Å². The van der Waals surface area contributed by atoms with E-state index >= 15 is 0 Å². The van der Waals surface area contributed by atoms with Crippen LogP contribution in [0.15, 0.2) is 0 Å². The lowest BCUT2D eigenvalue weighted by Gasteiger charge is -2.27. The van der Waals surface area contributed by atoms with Crippen LogP contribution in [0.5, 0.6) is 0 Å². The van der Waals surface area contributed by atoms with Crippen LogP contribution in [-0.4, -0.2) is 25.2 Å².